The van der Waals surface area contributed by atoms with E-state index in [0.29, 0.717) is 23.6 Å². The zero-order valence-corrected chi connectivity index (χ0v) is 10.2. The van der Waals surface area contributed by atoms with Gasteiger partial charge in [-0.3, -0.25) is 0 Å². The molecule has 15 heavy (non-hydrogen) atoms. The Morgan fingerprint density at radius 1 is 1.07 bits per heavy atom. The lowest BCUT2D eigenvalue weighted by atomic mass is 9.98. The summed E-state index contributed by atoms with van der Waals surface area (Å²) >= 11 is 0. The minimum Gasteiger partial charge on any atom is -0.339 e. The summed E-state index contributed by atoms with van der Waals surface area (Å²) in [7, 11) is 0. The summed E-state index contributed by atoms with van der Waals surface area (Å²) in [4.78, 5) is 4.35. The third-order valence-electron chi connectivity index (χ3n) is 2.86. The number of hydrogen-bond donors (Lipinski definition) is 1. The predicted octanol–water partition coefficient (Wildman–Crippen LogP) is 2.48. The third kappa shape index (κ3) is 2.78. The molecule has 1 rings (SSSR count). The van der Waals surface area contributed by atoms with Crippen LogP contribution in [0.5, 0.6) is 0 Å². The smallest absolute Gasteiger partial charge is 0.229 e. The van der Waals surface area contributed by atoms with Crippen LogP contribution in [-0.2, 0) is 0 Å². The quantitative estimate of drug-likeness (QED) is 0.831. The topological polar surface area (TPSA) is 64.9 Å². The second-order valence-electron chi connectivity index (χ2n) is 4.79. The molecule has 4 nitrogen and oxygen atoms in total. The molecule has 0 bridgehead atoms. The monoisotopic (exact) mass is 211 g/mol. The van der Waals surface area contributed by atoms with Crippen molar-refractivity contribution in [1.82, 2.24) is 10.1 Å². The first-order valence-electron chi connectivity index (χ1n) is 5.52. The van der Waals surface area contributed by atoms with Gasteiger partial charge in [0, 0.05) is 5.92 Å². The van der Waals surface area contributed by atoms with E-state index in [9.17, 15) is 0 Å². The van der Waals surface area contributed by atoms with E-state index in [1.165, 1.54) is 0 Å². The van der Waals surface area contributed by atoms with Crippen LogP contribution in [0.2, 0.25) is 0 Å². The highest BCUT2D eigenvalue weighted by Crippen LogP contribution is 2.24. The molecule has 0 saturated heterocycles. The maximum absolute atomic E-state index is 5.94. The third-order valence-corrected chi connectivity index (χ3v) is 2.86. The Bertz CT molecular complexity index is 278. The number of rotatable bonds is 4. The minimum atomic E-state index is -0.137. The van der Waals surface area contributed by atoms with Crippen molar-refractivity contribution in [3.8, 4) is 0 Å². The number of nitrogens with two attached hydrogens (primary N) is 1. The minimum absolute atomic E-state index is 0.137. The van der Waals surface area contributed by atoms with Crippen molar-refractivity contribution >= 4 is 0 Å². The van der Waals surface area contributed by atoms with Crippen LogP contribution in [0.4, 0.5) is 0 Å². The first kappa shape index (κ1) is 12.2. The summed E-state index contributed by atoms with van der Waals surface area (Å²) in [6, 6.07) is -0.137. The molecule has 86 valence electrons. The maximum atomic E-state index is 5.94. The first-order valence-corrected chi connectivity index (χ1v) is 5.52. The van der Waals surface area contributed by atoms with Gasteiger partial charge in [0.2, 0.25) is 5.89 Å². The molecular formula is C11H21N3O. The van der Waals surface area contributed by atoms with Crippen LogP contribution in [0.3, 0.4) is 0 Å². The Labute approximate surface area is 91.2 Å². The maximum Gasteiger partial charge on any atom is 0.229 e. The molecule has 2 unspecified atom stereocenters. The van der Waals surface area contributed by atoms with Crippen LogP contribution in [0.1, 0.15) is 58.3 Å². The van der Waals surface area contributed by atoms with Gasteiger partial charge >= 0.3 is 0 Å². The Hall–Kier alpha value is -0.900. The summed E-state index contributed by atoms with van der Waals surface area (Å²) in [6.07, 6.45) is 0. The summed E-state index contributed by atoms with van der Waals surface area (Å²) in [5.74, 6) is 2.41. The van der Waals surface area contributed by atoms with Crippen molar-refractivity contribution < 1.29 is 4.52 Å². The van der Waals surface area contributed by atoms with Gasteiger partial charge in [0.05, 0.1) is 6.04 Å². The van der Waals surface area contributed by atoms with E-state index in [4.69, 9.17) is 10.3 Å². The highest BCUT2D eigenvalue weighted by atomic mass is 16.5. The summed E-state index contributed by atoms with van der Waals surface area (Å²) in [5, 5.41) is 3.93. The average Bonchev–Trinajstić information content (AvgIpc) is 2.63. The van der Waals surface area contributed by atoms with E-state index >= 15 is 0 Å². The molecule has 0 aromatic carbocycles. The van der Waals surface area contributed by atoms with Gasteiger partial charge in [-0.05, 0) is 11.8 Å². The molecular weight excluding hydrogens is 190 g/mol. The molecule has 1 heterocycles. The van der Waals surface area contributed by atoms with Gasteiger partial charge < -0.3 is 10.3 Å². The number of nitrogens with zero attached hydrogens (tertiary/aromatic N) is 2. The van der Waals surface area contributed by atoms with Gasteiger partial charge in [0.15, 0.2) is 5.82 Å². The molecule has 0 aliphatic carbocycles. The van der Waals surface area contributed by atoms with Crippen molar-refractivity contribution in [1.29, 1.82) is 0 Å². The second-order valence-corrected chi connectivity index (χ2v) is 4.79. The molecule has 0 aliphatic heterocycles. The highest BCUT2D eigenvalue weighted by molar-refractivity contribution is 4.98. The normalized spacial score (nSPS) is 16.0. The van der Waals surface area contributed by atoms with Crippen LogP contribution in [0, 0.1) is 11.8 Å². The van der Waals surface area contributed by atoms with E-state index in [0.717, 1.165) is 0 Å². The first-order chi connectivity index (χ1) is 6.93. The lowest BCUT2D eigenvalue weighted by Gasteiger charge is -2.11. The average molecular weight is 211 g/mol. The summed E-state index contributed by atoms with van der Waals surface area (Å²) in [6.45, 7) is 10.5. The molecule has 0 amide bonds. The van der Waals surface area contributed by atoms with E-state index in [-0.39, 0.29) is 12.0 Å². The van der Waals surface area contributed by atoms with E-state index in [1.807, 2.05) is 13.8 Å². The van der Waals surface area contributed by atoms with Crippen molar-refractivity contribution in [3.05, 3.63) is 11.7 Å². The van der Waals surface area contributed by atoms with Crippen molar-refractivity contribution in [2.75, 3.05) is 0 Å². The van der Waals surface area contributed by atoms with E-state index in [1.54, 1.807) is 0 Å². The van der Waals surface area contributed by atoms with Crippen LogP contribution < -0.4 is 5.73 Å². The zero-order chi connectivity index (χ0) is 11.6. The molecule has 0 radical (unpaired) electrons. The molecule has 1 aromatic rings. The van der Waals surface area contributed by atoms with E-state index in [2.05, 4.69) is 30.9 Å². The molecule has 0 saturated carbocycles. The lowest BCUT2D eigenvalue weighted by Crippen LogP contribution is -2.18. The zero-order valence-electron chi connectivity index (χ0n) is 10.2. The van der Waals surface area contributed by atoms with Crippen LogP contribution in [0.15, 0.2) is 4.52 Å². The second kappa shape index (κ2) is 4.75. The van der Waals surface area contributed by atoms with Gasteiger partial charge in [-0.25, -0.2) is 0 Å². The molecule has 2 atom stereocenters. The Morgan fingerprint density at radius 2 is 1.67 bits per heavy atom. The van der Waals surface area contributed by atoms with Crippen molar-refractivity contribution in [2.24, 2.45) is 17.6 Å². The fourth-order valence-electron chi connectivity index (χ4n) is 1.15. The molecule has 0 fully saturated rings. The van der Waals surface area contributed by atoms with E-state index < -0.39 is 0 Å². The Morgan fingerprint density at radius 3 is 2.13 bits per heavy atom. The fourth-order valence-corrected chi connectivity index (χ4v) is 1.15. The predicted molar refractivity (Wildman–Crippen MR) is 59.3 cm³/mol. The highest BCUT2D eigenvalue weighted by Gasteiger charge is 2.21. The Kier molecular flexibility index (Phi) is 3.85. The SMILES string of the molecule is CC(C)C(C)c1nc(C(N)C(C)C)no1. The van der Waals surface area contributed by atoms with Gasteiger partial charge in [0.25, 0.3) is 0 Å². The van der Waals surface area contributed by atoms with Gasteiger partial charge in [-0.15, -0.1) is 0 Å². The molecule has 0 aliphatic rings. The molecule has 2 N–H and O–H groups in total. The standard InChI is InChI=1S/C11H21N3O/c1-6(2)8(5)11-13-10(14-15-11)9(12)7(3)4/h6-9H,12H2,1-5H3. The Balaban J connectivity index is 2.80. The van der Waals surface area contributed by atoms with Gasteiger partial charge in [-0.1, -0.05) is 39.8 Å². The lowest BCUT2D eigenvalue weighted by molar-refractivity contribution is 0.325. The fraction of sp³-hybridized carbons (Fsp3) is 0.818. The number of hydrogen-bond acceptors (Lipinski definition) is 4. The van der Waals surface area contributed by atoms with Crippen LogP contribution in [0.25, 0.3) is 0 Å². The summed E-state index contributed by atoms with van der Waals surface area (Å²) in [5.41, 5.74) is 5.94. The van der Waals surface area contributed by atoms with Crippen LogP contribution in [-0.4, -0.2) is 10.1 Å². The number of aromatic nitrogens is 2. The van der Waals surface area contributed by atoms with Gasteiger partial charge in [-0.2, -0.15) is 4.98 Å². The van der Waals surface area contributed by atoms with Crippen molar-refractivity contribution in [2.45, 2.75) is 46.6 Å². The van der Waals surface area contributed by atoms with Crippen LogP contribution >= 0.6 is 0 Å². The largest absolute Gasteiger partial charge is 0.339 e. The van der Waals surface area contributed by atoms with Crippen molar-refractivity contribution in [3.63, 3.8) is 0 Å². The molecule has 4 heteroatoms. The molecule has 0 spiro atoms. The van der Waals surface area contributed by atoms with Gasteiger partial charge in [0.1, 0.15) is 0 Å². The summed E-state index contributed by atoms with van der Waals surface area (Å²) < 4.78 is 5.22. The molecule has 1 aromatic heterocycles.